The lowest BCUT2D eigenvalue weighted by molar-refractivity contribution is 0.0717. The van der Waals surface area contributed by atoms with Crippen molar-refractivity contribution in [2.45, 2.75) is 18.8 Å². The second-order valence-electron chi connectivity index (χ2n) is 6.22. The van der Waals surface area contributed by atoms with E-state index in [0.717, 1.165) is 47.9 Å². The number of aromatic nitrogens is 4. The summed E-state index contributed by atoms with van der Waals surface area (Å²) < 4.78 is 1.96. The van der Waals surface area contributed by atoms with Gasteiger partial charge in [-0.05, 0) is 24.3 Å². The summed E-state index contributed by atoms with van der Waals surface area (Å²) in [6.07, 6.45) is 8.88. The maximum absolute atomic E-state index is 12.5. The molecule has 1 amide bonds. The number of aryl methyl sites for hydroxylation is 1. The lowest BCUT2D eigenvalue weighted by Crippen LogP contribution is -2.37. The quantitative estimate of drug-likeness (QED) is 0.726. The number of amides is 1. The van der Waals surface area contributed by atoms with E-state index in [4.69, 9.17) is 0 Å². The van der Waals surface area contributed by atoms with Gasteiger partial charge in [-0.15, -0.1) is 11.3 Å². The van der Waals surface area contributed by atoms with E-state index >= 15 is 0 Å². The Morgan fingerprint density at radius 1 is 1.24 bits per heavy atom. The van der Waals surface area contributed by atoms with E-state index in [0.29, 0.717) is 5.92 Å². The van der Waals surface area contributed by atoms with Gasteiger partial charge >= 0.3 is 0 Å². The predicted octanol–water partition coefficient (Wildman–Crippen LogP) is 2.96. The van der Waals surface area contributed by atoms with Gasteiger partial charge in [0.1, 0.15) is 5.69 Å². The molecule has 0 radical (unpaired) electrons. The molecule has 3 aromatic heterocycles. The molecule has 0 bridgehead atoms. The Kier molecular flexibility index (Phi) is 4.31. The summed E-state index contributed by atoms with van der Waals surface area (Å²) in [4.78, 5) is 28.6. The average Bonchev–Trinajstić information content (AvgIpc) is 3.33. The van der Waals surface area contributed by atoms with Crippen LogP contribution >= 0.6 is 11.3 Å². The van der Waals surface area contributed by atoms with Crippen molar-refractivity contribution in [2.24, 2.45) is 7.05 Å². The highest BCUT2D eigenvalue weighted by Gasteiger charge is 2.28. The fourth-order valence-electron chi connectivity index (χ4n) is 3.34. The minimum atomic E-state index is 0.138. The first kappa shape index (κ1) is 16.0. The molecule has 4 rings (SSSR count). The minimum absolute atomic E-state index is 0.138. The van der Waals surface area contributed by atoms with E-state index in [-0.39, 0.29) is 5.91 Å². The molecule has 25 heavy (non-hydrogen) atoms. The Morgan fingerprint density at radius 2 is 2.04 bits per heavy atom. The Bertz CT molecular complexity index is 865. The predicted molar refractivity (Wildman–Crippen MR) is 96.4 cm³/mol. The highest BCUT2D eigenvalue weighted by atomic mass is 32.1. The summed E-state index contributed by atoms with van der Waals surface area (Å²) in [7, 11) is 1.96. The topological polar surface area (TPSA) is 63.9 Å². The van der Waals surface area contributed by atoms with E-state index < -0.39 is 0 Å². The van der Waals surface area contributed by atoms with Gasteiger partial charge in [0.15, 0.2) is 0 Å². The molecule has 0 atom stereocenters. The monoisotopic (exact) mass is 353 g/mol. The summed E-state index contributed by atoms with van der Waals surface area (Å²) in [6, 6.07) is 3.81. The van der Waals surface area contributed by atoms with Gasteiger partial charge in [-0.25, -0.2) is 4.98 Å². The summed E-state index contributed by atoms with van der Waals surface area (Å²) in [6.45, 7) is 1.51. The van der Waals surface area contributed by atoms with E-state index in [1.54, 1.807) is 18.7 Å². The van der Waals surface area contributed by atoms with E-state index in [9.17, 15) is 4.79 Å². The van der Waals surface area contributed by atoms with Crippen molar-refractivity contribution >= 4 is 17.2 Å². The molecular formula is C18H19N5OS. The van der Waals surface area contributed by atoms with Crippen LogP contribution in [-0.2, 0) is 7.05 Å². The van der Waals surface area contributed by atoms with E-state index in [1.165, 1.54) is 11.3 Å². The van der Waals surface area contributed by atoms with Crippen molar-refractivity contribution in [1.29, 1.82) is 0 Å². The normalized spacial score (nSPS) is 15.5. The summed E-state index contributed by atoms with van der Waals surface area (Å²) in [5.74, 6) is 0.449. The zero-order valence-electron chi connectivity index (χ0n) is 14.0. The number of imidazole rings is 1. The van der Waals surface area contributed by atoms with Crippen LogP contribution < -0.4 is 0 Å². The molecule has 7 heteroatoms. The zero-order valence-corrected chi connectivity index (χ0v) is 14.8. The largest absolute Gasteiger partial charge is 0.338 e. The molecule has 1 saturated heterocycles. The van der Waals surface area contributed by atoms with Gasteiger partial charge in [-0.2, -0.15) is 0 Å². The molecule has 0 N–H and O–H groups in total. The fraction of sp³-hybridized carbons (Fsp3) is 0.333. The molecule has 0 spiro atoms. The van der Waals surface area contributed by atoms with Gasteiger partial charge < -0.3 is 9.47 Å². The molecule has 3 aromatic rings. The standard InChI is InChI=1S/C18H19N5OS/c1-22-12-19-11-14(22)17-16(20-6-7-21-17)13-4-8-23(9-5-13)18(24)15-3-2-10-25-15/h2-3,6-7,10-13H,4-5,8-9H2,1H3. The Balaban J connectivity index is 1.52. The van der Waals surface area contributed by atoms with Crippen LogP contribution in [0.5, 0.6) is 0 Å². The number of thiophene rings is 1. The number of rotatable bonds is 3. The van der Waals surface area contributed by atoms with Crippen LogP contribution in [0.15, 0.2) is 42.4 Å². The highest BCUT2D eigenvalue weighted by Crippen LogP contribution is 2.32. The van der Waals surface area contributed by atoms with Crippen LogP contribution in [0, 0.1) is 0 Å². The van der Waals surface area contributed by atoms with Gasteiger partial charge in [0.25, 0.3) is 5.91 Å². The summed E-state index contributed by atoms with van der Waals surface area (Å²) >= 11 is 1.50. The molecule has 128 valence electrons. The molecule has 0 saturated carbocycles. The number of carbonyl (C=O) groups is 1. The van der Waals surface area contributed by atoms with Crippen molar-refractivity contribution < 1.29 is 4.79 Å². The summed E-state index contributed by atoms with van der Waals surface area (Å²) in [5.41, 5.74) is 2.88. The lowest BCUT2D eigenvalue weighted by atomic mass is 9.91. The number of likely N-dealkylation sites (tertiary alicyclic amines) is 1. The first-order valence-corrected chi connectivity index (χ1v) is 9.22. The molecule has 4 heterocycles. The van der Waals surface area contributed by atoms with Crippen molar-refractivity contribution in [1.82, 2.24) is 24.4 Å². The number of hydrogen-bond acceptors (Lipinski definition) is 5. The fourth-order valence-corrected chi connectivity index (χ4v) is 4.03. The SMILES string of the molecule is Cn1cncc1-c1nccnc1C1CCN(C(=O)c2cccs2)CC1. The van der Waals surface area contributed by atoms with Gasteiger partial charge in [0.2, 0.25) is 0 Å². The highest BCUT2D eigenvalue weighted by molar-refractivity contribution is 7.12. The van der Waals surface area contributed by atoms with Crippen LogP contribution in [0.2, 0.25) is 0 Å². The molecule has 0 unspecified atom stereocenters. The third kappa shape index (κ3) is 3.07. The van der Waals surface area contributed by atoms with Crippen molar-refractivity contribution in [2.75, 3.05) is 13.1 Å². The van der Waals surface area contributed by atoms with Crippen molar-refractivity contribution in [3.8, 4) is 11.4 Å². The third-order valence-corrected chi connectivity index (χ3v) is 5.54. The first-order chi connectivity index (χ1) is 12.2. The van der Waals surface area contributed by atoms with Crippen LogP contribution in [0.4, 0.5) is 0 Å². The van der Waals surface area contributed by atoms with Crippen LogP contribution in [0.1, 0.15) is 34.1 Å². The molecule has 6 nitrogen and oxygen atoms in total. The third-order valence-electron chi connectivity index (χ3n) is 4.69. The average molecular weight is 353 g/mol. The molecule has 0 aromatic carbocycles. The Morgan fingerprint density at radius 3 is 2.72 bits per heavy atom. The van der Waals surface area contributed by atoms with Crippen LogP contribution in [0.3, 0.4) is 0 Å². The number of nitrogens with zero attached hydrogens (tertiary/aromatic N) is 5. The maximum atomic E-state index is 12.5. The van der Waals surface area contributed by atoms with E-state index in [1.807, 2.05) is 40.2 Å². The first-order valence-electron chi connectivity index (χ1n) is 8.34. The van der Waals surface area contributed by atoms with E-state index in [2.05, 4.69) is 15.0 Å². The minimum Gasteiger partial charge on any atom is -0.338 e. The van der Waals surface area contributed by atoms with Gasteiger partial charge in [-0.3, -0.25) is 14.8 Å². The zero-order chi connectivity index (χ0) is 17.2. The van der Waals surface area contributed by atoms with Crippen LogP contribution in [0.25, 0.3) is 11.4 Å². The maximum Gasteiger partial charge on any atom is 0.263 e. The summed E-state index contributed by atoms with van der Waals surface area (Å²) in [5, 5.41) is 1.94. The van der Waals surface area contributed by atoms with Crippen molar-refractivity contribution in [3.63, 3.8) is 0 Å². The number of hydrogen-bond donors (Lipinski definition) is 0. The number of piperidine rings is 1. The molecular weight excluding hydrogens is 334 g/mol. The molecule has 1 aliphatic heterocycles. The van der Waals surface area contributed by atoms with Crippen molar-refractivity contribution in [3.05, 3.63) is 53.0 Å². The Labute approximate surface area is 150 Å². The second kappa shape index (κ2) is 6.76. The number of carbonyl (C=O) groups excluding carboxylic acids is 1. The molecule has 1 fully saturated rings. The molecule has 1 aliphatic rings. The second-order valence-corrected chi connectivity index (χ2v) is 7.17. The van der Waals surface area contributed by atoms with Gasteiger partial charge in [0.05, 0.1) is 28.8 Å². The van der Waals surface area contributed by atoms with Crippen LogP contribution in [-0.4, -0.2) is 43.4 Å². The Hall–Kier alpha value is -2.54. The van der Waals surface area contributed by atoms with Gasteiger partial charge in [-0.1, -0.05) is 6.07 Å². The smallest absolute Gasteiger partial charge is 0.263 e. The molecule has 0 aliphatic carbocycles. The lowest BCUT2D eigenvalue weighted by Gasteiger charge is -2.32. The van der Waals surface area contributed by atoms with Gasteiger partial charge in [0, 0.05) is 38.4 Å².